The van der Waals surface area contributed by atoms with Crippen LogP contribution in [0.3, 0.4) is 0 Å². The monoisotopic (exact) mass is 469 g/mol. The summed E-state index contributed by atoms with van der Waals surface area (Å²) in [5.74, 6) is -2.02. The van der Waals surface area contributed by atoms with Crippen LogP contribution in [0.4, 0.5) is 23.4 Å². The Morgan fingerprint density at radius 3 is 2.69 bits per heavy atom. The maximum Gasteiger partial charge on any atom is 0.410 e. The van der Waals surface area contributed by atoms with Gasteiger partial charge in [0.05, 0.1) is 5.56 Å². The van der Waals surface area contributed by atoms with E-state index in [0.717, 1.165) is 37.3 Å². The normalized spacial score (nSPS) is 16.1. The van der Waals surface area contributed by atoms with Gasteiger partial charge in [-0.15, -0.1) is 4.37 Å². The number of halogens is 2. The van der Waals surface area contributed by atoms with E-state index in [0.29, 0.717) is 18.2 Å². The maximum absolute atomic E-state index is 14.0. The fourth-order valence-corrected chi connectivity index (χ4v) is 4.14. The lowest BCUT2D eigenvalue weighted by atomic mass is 10.1. The van der Waals surface area contributed by atoms with Crippen LogP contribution in [0, 0.1) is 18.6 Å². The smallest absolute Gasteiger partial charge is 0.410 e. The predicted molar refractivity (Wildman–Crippen MR) is 115 cm³/mol. The zero-order valence-electron chi connectivity index (χ0n) is 17.7. The van der Waals surface area contributed by atoms with Gasteiger partial charge < -0.3 is 25.4 Å². The largest absolute Gasteiger partial charge is 0.469 e. The van der Waals surface area contributed by atoms with Gasteiger partial charge in [0.25, 0.3) is 5.88 Å². The Kier molecular flexibility index (Phi) is 7.80. The van der Waals surface area contributed by atoms with E-state index in [2.05, 4.69) is 27.0 Å². The number of hydrogen-bond donors (Lipinski definition) is 3. The van der Waals surface area contributed by atoms with Crippen molar-refractivity contribution in [3.8, 4) is 11.6 Å². The minimum absolute atomic E-state index is 0.0686. The van der Waals surface area contributed by atoms with Crippen molar-refractivity contribution in [3.63, 3.8) is 0 Å². The quantitative estimate of drug-likeness (QED) is 0.546. The Bertz CT molecular complexity index is 964. The highest BCUT2D eigenvalue weighted by atomic mass is 32.1. The number of primary amides is 1. The van der Waals surface area contributed by atoms with Gasteiger partial charge in [-0.1, -0.05) is 0 Å². The molecule has 1 unspecified atom stereocenters. The molecule has 1 atom stereocenters. The molecule has 1 aliphatic rings. The fourth-order valence-electron chi connectivity index (χ4n) is 3.48. The molecular formula is C20H25F2N5O4S. The van der Waals surface area contributed by atoms with E-state index in [1.165, 1.54) is 12.1 Å². The SMILES string of the molecule is Cc1cc(F)c(COc2nsc(NC(=O)NCCC3CCCN3C)c2OC(N)=O)c(F)c1. The molecule has 9 nitrogen and oxygen atoms in total. The molecule has 1 aromatic carbocycles. The molecule has 3 rings (SSSR count). The van der Waals surface area contributed by atoms with Crippen LogP contribution in [0.5, 0.6) is 11.6 Å². The van der Waals surface area contributed by atoms with E-state index in [4.69, 9.17) is 15.2 Å². The summed E-state index contributed by atoms with van der Waals surface area (Å²) in [6.45, 7) is 2.56. The lowest BCUT2D eigenvalue weighted by Crippen LogP contribution is -2.34. The second-order valence-electron chi connectivity index (χ2n) is 7.51. The third-order valence-corrected chi connectivity index (χ3v) is 5.85. The molecule has 174 valence electrons. The summed E-state index contributed by atoms with van der Waals surface area (Å²) in [6, 6.07) is 2.25. The van der Waals surface area contributed by atoms with Crippen molar-refractivity contribution in [3.05, 3.63) is 34.9 Å². The Balaban J connectivity index is 1.63. The molecule has 1 aromatic heterocycles. The molecule has 4 N–H and O–H groups in total. The Morgan fingerprint density at radius 1 is 1.34 bits per heavy atom. The minimum atomic E-state index is -1.16. The molecule has 2 aromatic rings. The van der Waals surface area contributed by atoms with Crippen LogP contribution in [0.1, 0.15) is 30.4 Å². The highest BCUT2D eigenvalue weighted by Crippen LogP contribution is 2.39. The van der Waals surface area contributed by atoms with Crippen LogP contribution < -0.4 is 25.8 Å². The molecule has 1 aliphatic heterocycles. The molecule has 12 heteroatoms. The van der Waals surface area contributed by atoms with Crippen LogP contribution in [-0.4, -0.2) is 47.6 Å². The lowest BCUT2D eigenvalue weighted by molar-refractivity contribution is 0.205. The van der Waals surface area contributed by atoms with Crippen LogP contribution in [0.2, 0.25) is 0 Å². The van der Waals surface area contributed by atoms with Crippen molar-refractivity contribution in [2.75, 3.05) is 25.5 Å². The Labute approximate surface area is 188 Å². The lowest BCUT2D eigenvalue weighted by Gasteiger charge is -2.19. The number of carbonyl (C=O) groups excluding carboxylic acids is 2. The van der Waals surface area contributed by atoms with Gasteiger partial charge in [0.2, 0.25) is 5.75 Å². The molecule has 32 heavy (non-hydrogen) atoms. The molecular weight excluding hydrogens is 444 g/mol. The van der Waals surface area contributed by atoms with Gasteiger partial charge >= 0.3 is 12.1 Å². The number of urea groups is 1. The molecule has 0 spiro atoms. The van der Waals surface area contributed by atoms with Crippen molar-refractivity contribution in [2.45, 2.75) is 38.8 Å². The first kappa shape index (κ1) is 23.7. The third kappa shape index (κ3) is 6.04. The second kappa shape index (κ2) is 10.6. The number of aromatic nitrogens is 1. The number of anilines is 1. The van der Waals surface area contributed by atoms with Gasteiger partial charge in [-0.25, -0.2) is 18.4 Å². The van der Waals surface area contributed by atoms with Crippen molar-refractivity contribution in [1.82, 2.24) is 14.6 Å². The topological polar surface area (TPSA) is 119 Å². The Hall–Kier alpha value is -2.99. The van der Waals surface area contributed by atoms with Crippen LogP contribution in [-0.2, 0) is 6.61 Å². The summed E-state index contributed by atoms with van der Waals surface area (Å²) in [4.78, 5) is 25.8. The first-order valence-corrected chi connectivity index (χ1v) is 10.8. The number of aryl methyl sites for hydroxylation is 1. The molecule has 3 amide bonds. The summed E-state index contributed by atoms with van der Waals surface area (Å²) in [6.07, 6.45) is 1.88. The first-order chi connectivity index (χ1) is 15.2. The number of rotatable bonds is 8. The van der Waals surface area contributed by atoms with E-state index in [1.54, 1.807) is 6.92 Å². The molecule has 0 radical (unpaired) electrons. The molecule has 0 bridgehead atoms. The van der Waals surface area contributed by atoms with Crippen LogP contribution in [0.25, 0.3) is 0 Å². The molecule has 1 fully saturated rings. The number of likely N-dealkylation sites (tertiary alicyclic amines) is 1. The van der Waals surface area contributed by atoms with Gasteiger partial charge in [0.1, 0.15) is 18.2 Å². The third-order valence-electron chi connectivity index (χ3n) is 5.12. The number of hydrogen-bond acceptors (Lipinski definition) is 7. The minimum Gasteiger partial charge on any atom is -0.469 e. The van der Waals surface area contributed by atoms with E-state index in [1.807, 2.05) is 0 Å². The molecule has 2 heterocycles. The Morgan fingerprint density at radius 2 is 2.06 bits per heavy atom. The number of carbonyl (C=O) groups is 2. The van der Waals surface area contributed by atoms with Gasteiger partial charge in [-0.3, -0.25) is 5.32 Å². The summed E-state index contributed by atoms with van der Waals surface area (Å²) in [5, 5.41) is 5.34. The van der Waals surface area contributed by atoms with Crippen molar-refractivity contribution < 1.29 is 27.8 Å². The standard InChI is InChI=1S/C20H25F2N5O4S/c1-11-8-14(21)13(15(22)9-11)10-30-17-16(31-19(23)28)18(32-26-17)25-20(29)24-6-5-12-4-3-7-27(12)2/h8-9,12H,3-7,10H2,1-2H3,(H2,23,28)(H2,24,25,29). The molecule has 0 saturated carbocycles. The number of amides is 3. The second-order valence-corrected chi connectivity index (χ2v) is 8.28. The van der Waals surface area contributed by atoms with E-state index in [-0.39, 0.29) is 22.2 Å². The van der Waals surface area contributed by atoms with Gasteiger partial charge in [-0.05, 0) is 69.0 Å². The van der Waals surface area contributed by atoms with E-state index in [9.17, 15) is 18.4 Å². The van der Waals surface area contributed by atoms with E-state index >= 15 is 0 Å². The number of benzene rings is 1. The highest BCUT2D eigenvalue weighted by molar-refractivity contribution is 7.11. The number of nitrogens with zero attached hydrogens (tertiary/aromatic N) is 2. The zero-order valence-corrected chi connectivity index (χ0v) is 18.6. The van der Waals surface area contributed by atoms with Gasteiger partial charge in [0, 0.05) is 12.6 Å². The summed E-state index contributed by atoms with van der Waals surface area (Å²) >= 11 is 0.776. The number of ether oxygens (including phenoxy) is 2. The maximum atomic E-state index is 14.0. The van der Waals surface area contributed by atoms with Crippen LogP contribution >= 0.6 is 11.5 Å². The first-order valence-electron chi connectivity index (χ1n) is 10.0. The predicted octanol–water partition coefficient (Wildman–Crippen LogP) is 3.37. The molecule has 1 saturated heterocycles. The number of nitrogens with one attached hydrogen (secondary N) is 2. The summed E-state index contributed by atoms with van der Waals surface area (Å²) in [7, 11) is 2.05. The fraction of sp³-hybridized carbons (Fsp3) is 0.450. The van der Waals surface area contributed by atoms with Crippen molar-refractivity contribution in [2.24, 2.45) is 5.73 Å². The van der Waals surface area contributed by atoms with E-state index < -0.39 is 30.4 Å². The van der Waals surface area contributed by atoms with Gasteiger partial charge in [-0.2, -0.15) is 0 Å². The zero-order chi connectivity index (χ0) is 23.3. The average molecular weight is 470 g/mol. The average Bonchev–Trinajstić information content (AvgIpc) is 3.27. The van der Waals surface area contributed by atoms with Crippen molar-refractivity contribution in [1.29, 1.82) is 0 Å². The van der Waals surface area contributed by atoms with Crippen LogP contribution in [0.15, 0.2) is 12.1 Å². The molecule has 0 aliphatic carbocycles. The summed E-state index contributed by atoms with van der Waals surface area (Å²) in [5.41, 5.74) is 5.21. The van der Waals surface area contributed by atoms with Gasteiger partial charge in [0.15, 0.2) is 5.00 Å². The summed E-state index contributed by atoms with van der Waals surface area (Å²) < 4.78 is 42.3. The van der Waals surface area contributed by atoms with Crippen molar-refractivity contribution >= 4 is 28.7 Å². The number of nitrogens with two attached hydrogens (primary N) is 1. The highest BCUT2D eigenvalue weighted by Gasteiger charge is 2.23.